The zero-order valence-electron chi connectivity index (χ0n) is 18.9. The fourth-order valence-corrected chi connectivity index (χ4v) is 6.22. The van der Waals surface area contributed by atoms with Crippen molar-refractivity contribution in [3.8, 4) is 10.4 Å². The van der Waals surface area contributed by atoms with Crippen molar-refractivity contribution in [3.05, 3.63) is 74.3 Å². The maximum atomic E-state index is 13.7. The van der Waals surface area contributed by atoms with Crippen LogP contribution in [0, 0.1) is 32.6 Å². The Balaban J connectivity index is 1.36. The Morgan fingerprint density at radius 1 is 1.18 bits per heavy atom. The number of fused-ring (bicyclic) bond motifs is 1. The van der Waals surface area contributed by atoms with E-state index >= 15 is 0 Å². The summed E-state index contributed by atoms with van der Waals surface area (Å²) in [5.41, 5.74) is 4.35. The minimum atomic E-state index is -0.118. The van der Waals surface area contributed by atoms with E-state index in [4.69, 9.17) is 0 Å². The number of piperidine rings is 1. The van der Waals surface area contributed by atoms with Gasteiger partial charge in [0, 0.05) is 17.6 Å². The van der Waals surface area contributed by atoms with Gasteiger partial charge in [0.15, 0.2) is 0 Å². The number of halogens is 1. The summed E-state index contributed by atoms with van der Waals surface area (Å²) in [5, 5.41) is 3.96. The number of aromatic nitrogens is 1. The first-order valence-corrected chi connectivity index (χ1v) is 12.8. The van der Waals surface area contributed by atoms with Gasteiger partial charge in [-0.1, -0.05) is 42.0 Å². The Morgan fingerprint density at radius 2 is 1.97 bits per heavy atom. The van der Waals surface area contributed by atoms with Gasteiger partial charge in [-0.15, -0.1) is 11.3 Å². The minimum absolute atomic E-state index is 0.00222. The second-order valence-corrected chi connectivity index (χ2v) is 11.1. The molecular weight excluding hydrogens is 498 g/mol. The summed E-state index contributed by atoms with van der Waals surface area (Å²) in [6, 6.07) is 13.9. The molecule has 3 atom stereocenters. The van der Waals surface area contributed by atoms with Gasteiger partial charge in [-0.25, -0.2) is 4.98 Å². The van der Waals surface area contributed by atoms with Crippen LogP contribution in [-0.2, 0) is 0 Å². The van der Waals surface area contributed by atoms with Crippen LogP contribution in [0.2, 0.25) is 0 Å². The van der Waals surface area contributed by atoms with Crippen LogP contribution in [0.1, 0.15) is 43.4 Å². The summed E-state index contributed by atoms with van der Waals surface area (Å²) in [7, 11) is 0. The molecular formula is C26H26BrN3O2S. The second kappa shape index (κ2) is 8.69. The fraction of sp³-hybridized carbons (Fsp3) is 0.346. The molecule has 5 rings (SSSR count). The number of hydrogen-bond donors (Lipinski definition) is 1. The Kier molecular flexibility index (Phi) is 5.87. The molecule has 1 aromatic heterocycles. The van der Waals surface area contributed by atoms with Crippen LogP contribution >= 0.6 is 27.3 Å². The van der Waals surface area contributed by atoms with Gasteiger partial charge in [0.2, 0.25) is 0 Å². The van der Waals surface area contributed by atoms with E-state index in [0.717, 1.165) is 44.0 Å². The third-order valence-corrected chi connectivity index (χ3v) is 8.76. The van der Waals surface area contributed by atoms with E-state index in [9.17, 15) is 9.59 Å². The fourth-order valence-electron chi connectivity index (χ4n) is 4.87. The quantitative estimate of drug-likeness (QED) is 0.487. The summed E-state index contributed by atoms with van der Waals surface area (Å²) >= 11 is 5.09. The maximum absolute atomic E-state index is 13.7. The van der Waals surface area contributed by atoms with Gasteiger partial charge in [-0.2, -0.15) is 0 Å². The molecule has 2 amide bonds. The van der Waals surface area contributed by atoms with Gasteiger partial charge < -0.3 is 10.2 Å². The molecule has 2 fully saturated rings. The van der Waals surface area contributed by atoms with Crippen LogP contribution in [0.4, 0.5) is 0 Å². The molecule has 0 bridgehead atoms. The number of likely N-dealkylation sites (tertiary alicyclic amines) is 1. The Hall–Kier alpha value is -2.51. The highest BCUT2D eigenvalue weighted by molar-refractivity contribution is 9.10. The number of rotatable bonds is 5. The number of carbonyl (C=O) groups excluding carboxylic acids is 2. The van der Waals surface area contributed by atoms with E-state index in [1.54, 1.807) is 11.3 Å². The Labute approximate surface area is 206 Å². The van der Waals surface area contributed by atoms with Crippen molar-refractivity contribution in [2.75, 3.05) is 13.1 Å². The Morgan fingerprint density at radius 3 is 2.76 bits per heavy atom. The van der Waals surface area contributed by atoms with Crippen LogP contribution in [0.3, 0.4) is 0 Å². The van der Waals surface area contributed by atoms with Crippen LogP contribution in [-0.4, -0.2) is 40.8 Å². The number of amides is 2. The van der Waals surface area contributed by atoms with E-state index in [0.29, 0.717) is 29.6 Å². The maximum Gasteiger partial charge on any atom is 0.274 e. The first kappa shape index (κ1) is 22.3. The van der Waals surface area contributed by atoms with Crippen molar-refractivity contribution < 1.29 is 9.59 Å². The molecule has 5 nitrogen and oxygen atoms in total. The molecule has 0 spiro atoms. The smallest absolute Gasteiger partial charge is 0.274 e. The van der Waals surface area contributed by atoms with Crippen molar-refractivity contribution >= 4 is 39.1 Å². The molecule has 33 heavy (non-hydrogen) atoms. The lowest BCUT2D eigenvalue weighted by atomic mass is 10.1. The first-order chi connectivity index (χ1) is 15.8. The largest absolute Gasteiger partial charge is 0.350 e. The molecule has 0 unspecified atom stereocenters. The lowest BCUT2D eigenvalue weighted by Crippen LogP contribution is -2.45. The van der Waals surface area contributed by atoms with Crippen molar-refractivity contribution in [2.45, 2.75) is 33.2 Å². The summed E-state index contributed by atoms with van der Waals surface area (Å²) in [6.07, 6.45) is 1.12. The van der Waals surface area contributed by atoms with Gasteiger partial charge in [0.1, 0.15) is 5.69 Å². The predicted octanol–water partition coefficient (Wildman–Crippen LogP) is 5.39. The molecule has 1 saturated heterocycles. The van der Waals surface area contributed by atoms with Crippen molar-refractivity contribution in [1.82, 2.24) is 15.2 Å². The number of nitrogens with zero attached hydrogens (tertiary/aromatic N) is 2. The van der Waals surface area contributed by atoms with Crippen LogP contribution in [0.25, 0.3) is 10.4 Å². The molecule has 2 aromatic carbocycles. The first-order valence-electron chi connectivity index (χ1n) is 11.2. The topological polar surface area (TPSA) is 62.3 Å². The number of nitrogens with one attached hydrogen (secondary N) is 1. The van der Waals surface area contributed by atoms with Gasteiger partial charge in [-0.05, 0) is 72.2 Å². The average Bonchev–Trinajstić information content (AvgIpc) is 3.30. The normalized spacial score (nSPS) is 21.1. The summed E-state index contributed by atoms with van der Waals surface area (Å²) in [6.45, 7) is 7.16. The summed E-state index contributed by atoms with van der Waals surface area (Å²) in [4.78, 5) is 34.0. The van der Waals surface area contributed by atoms with E-state index < -0.39 is 0 Å². The van der Waals surface area contributed by atoms with Gasteiger partial charge in [-0.3, -0.25) is 9.59 Å². The SMILES string of the molecule is Cc1cccc(-c2sc(C)nc2C(=O)N2C[C@H]3C[C@H]3[C@H]2CNC(=O)c2cccc(C)c2Br)c1. The number of carbonyl (C=O) groups is 2. The number of thiazole rings is 1. The molecule has 1 N–H and O–H groups in total. The highest BCUT2D eigenvalue weighted by Gasteiger charge is 2.54. The molecule has 1 saturated carbocycles. The van der Waals surface area contributed by atoms with Crippen LogP contribution in [0.5, 0.6) is 0 Å². The molecule has 7 heteroatoms. The number of benzene rings is 2. The zero-order chi connectivity index (χ0) is 23.3. The Bertz CT molecular complexity index is 1250. The lowest BCUT2D eigenvalue weighted by Gasteiger charge is -2.27. The van der Waals surface area contributed by atoms with Crippen LogP contribution in [0.15, 0.2) is 46.9 Å². The molecule has 1 aliphatic carbocycles. The zero-order valence-corrected chi connectivity index (χ0v) is 21.3. The highest BCUT2D eigenvalue weighted by Crippen LogP contribution is 2.50. The van der Waals surface area contributed by atoms with Gasteiger partial charge in [0.05, 0.1) is 21.5 Å². The van der Waals surface area contributed by atoms with E-state index in [-0.39, 0.29) is 17.9 Å². The second-order valence-electron chi connectivity index (χ2n) is 9.11. The molecule has 3 aromatic rings. The average molecular weight is 524 g/mol. The van der Waals surface area contributed by atoms with E-state index in [1.807, 2.05) is 49.1 Å². The van der Waals surface area contributed by atoms with Gasteiger partial charge in [0.25, 0.3) is 11.8 Å². The summed E-state index contributed by atoms with van der Waals surface area (Å²) < 4.78 is 0.812. The highest BCUT2D eigenvalue weighted by atomic mass is 79.9. The third-order valence-electron chi connectivity index (χ3n) is 6.69. The standard InChI is InChI=1S/C26H26BrN3O2S/c1-14-6-4-8-17(10-14)24-23(29-16(3)33-24)26(32)30-13-18-11-20(18)21(30)12-28-25(31)19-9-5-7-15(2)22(19)27/h4-10,18,20-21H,11-13H2,1-3H3,(H,28,31)/t18-,20-,21-/m1/s1. The molecule has 0 radical (unpaired) electrons. The monoisotopic (exact) mass is 523 g/mol. The van der Waals surface area contributed by atoms with Crippen molar-refractivity contribution in [2.24, 2.45) is 11.8 Å². The van der Waals surface area contributed by atoms with E-state index in [2.05, 4.69) is 45.3 Å². The third kappa shape index (κ3) is 4.24. The molecule has 1 aliphatic heterocycles. The predicted molar refractivity (Wildman–Crippen MR) is 135 cm³/mol. The number of aryl methyl sites for hydroxylation is 3. The van der Waals surface area contributed by atoms with E-state index in [1.165, 1.54) is 0 Å². The van der Waals surface area contributed by atoms with Crippen molar-refractivity contribution in [3.63, 3.8) is 0 Å². The lowest BCUT2D eigenvalue weighted by molar-refractivity contribution is 0.0690. The summed E-state index contributed by atoms with van der Waals surface area (Å²) in [5.74, 6) is 0.840. The van der Waals surface area contributed by atoms with Crippen molar-refractivity contribution in [1.29, 1.82) is 0 Å². The minimum Gasteiger partial charge on any atom is -0.350 e. The van der Waals surface area contributed by atoms with Crippen LogP contribution < -0.4 is 5.32 Å². The number of hydrogen-bond acceptors (Lipinski definition) is 4. The molecule has 2 heterocycles. The molecule has 2 aliphatic rings. The van der Waals surface area contributed by atoms with Gasteiger partial charge >= 0.3 is 0 Å². The molecule has 170 valence electrons.